The number of benzene rings is 1. The molecule has 0 fully saturated rings. The third-order valence-corrected chi connectivity index (χ3v) is 5.42. The smallest absolute Gasteiger partial charge is 0.312 e. The summed E-state index contributed by atoms with van der Waals surface area (Å²) in [5.74, 6) is -0.427. The van der Waals surface area contributed by atoms with Crippen LogP contribution >= 0.6 is 22.9 Å². The summed E-state index contributed by atoms with van der Waals surface area (Å²) in [6.45, 7) is 1.86. The molecular formula is C21H16ClN3O3S. The van der Waals surface area contributed by atoms with Crippen molar-refractivity contribution in [1.82, 2.24) is 14.4 Å². The number of fused-ring (bicyclic) bond motifs is 1. The van der Waals surface area contributed by atoms with E-state index in [-0.39, 0.29) is 18.6 Å². The fraction of sp³-hybridized carbons (Fsp3) is 0.143. The molecule has 0 aliphatic rings. The second-order valence-corrected chi connectivity index (χ2v) is 7.80. The third-order valence-electron chi connectivity index (χ3n) is 4.23. The number of carbonyl (C=O) groups excluding carboxylic acids is 1. The Morgan fingerprint density at radius 2 is 1.93 bits per heavy atom. The Balaban J connectivity index is 1.41. The number of pyridine rings is 1. The Morgan fingerprint density at radius 1 is 1.14 bits per heavy atom. The molecule has 0 spiro atoms. The number of nitrogens with zero attached hydrogens (tertiary/aromatic N) is 3. The summed E-state index contributed by atoms with van der Waals surface area (Å²) in [4.78, 5) is 33.2. The van der Waals surface area contributed by atoms with E-state index < -0.39 is 5.97 Å². The molecule has 0 unspecified atom stereocenters. The normalized spacial score (nSPS) is 11.0. The Morgan fingerprint density at radius 3 is 2.72 bits per heavy atom. The van der Waals surface area contributed by atoms with Gasteiger partial charge in [-0.1, -0.05) is 23.7 Å². The van der Waals surface area contributed by atoms with Crippen LogP contribution in [-0.4, -0.2) is 20.3 Å². The topological polar surface area (TPSA) is 73.6 Å². The van der Waals surface area contributed by atoms with Crippen molar-refractivity contribution >= 4 is 34.6 Å². The van der Waals surface area contributed by atoms with E-state index in [1.54, 1.807) is 24.4 Å². The van der Waals surface area contributed by atoms with Crippen LogP contribution in [0.4, 0.5) is 0 Å². The van der Waals surface area contributed by atoms with Crippen molar-refractivity contribution in [1.29, 1.82) is 0 Å². The van der Waals surface area contributed by atoms with Crippen molar-refractivity contribution in [3.05, 3.63) is 86.4 Å². The summed E-state index contributed by atoms with van der Waals surface area (Å²) < 4.78 is 6.74. The highest BCUT2D eigenvalue weighted by Gasteiger charge is 2.11. The molecule has 146 valence electrons. The van der Waals surface area contributed by atoms with Gasteiger partial charge in [0.25, 0.3) is 5.56 Å². The lowest BCUT2D eigenvalue weighted by Gasteiger charge is -2.06. The van der Waals surface area contributed by atoms with Gasteiger partial charge in [-0.15, -0.1) is 11.3 Å². The van der Waals surface area contributed by atoms with E-state index in [0.717, 1.165) is 16.1 Å². The summed E-state index contributed by atoms with van der Waals surface area (Å²) in [6.07, 6.45) is 1.73. The molecule has 4 aromatic rings. The van der Waals surface area contributed by atoms with Gasteiger partial charge in [-0.25, -0.2) is 9.97 Å². The van der Waals surface area contributed by atoms with E-state index in [9.17, 15) is 9.59 Å². The molecule has 0 radical (unpaired) electrons. The van der Waals surface area contributed by atoms with Gasteiger partial charge in [0.1, 0.15) is 17.3 Å². The van der Waals surface area contributed by atoms with Crippen LogP contribution in [0.2, 0.25) is 5.02 Å². The molecule has 4 rings (SSSR count). The summed E-state index contributed by atoms with van der Waals surface area (Å²) in [6, 6.07) is 12.4. The van der Waals surface area contributed by atoms with Crippen molar-refractivity contribution in [2.75, 3.05) is 0 Å². The van der Waals surface area contributed by atoms with E-state index in [0.29, 0.717) is 22.1 Å². The number of aromatic nitrogens is 3. The first-order valence-corrected chi connectivity index (χ1v) is 10.1. The number of hydrogen-bond acceptors (Lipinski definition) is 6. The van der Waals surface area contributed by atoms with Crippen LogP contribution in [0.25, 0.3) is 16.2 Å². The number of ether oxygens (including phenoxy) is 1. The lowest BCUT2D eigenvalue weighted by Crippen LogP contribution is -2.17. The zero-order valence-electron chi connectivity index (χ0n) is 15.5. The van der Waals surface area contributed by atoms with Crippen LogP contribution in [0.15, 0.2) is 58.8 Å². The van der Waals surface area contributed by atoms with E-state index in [2.05, 4.69) is 9.97 Å². The summed E-state index contributed by atoms with van der Waals surface area (Å²) in [5, 5.41) is 3.30. The summed E-state index contributed by atoms with van der Waals surface area (Å²) in [5.41, 5.74) is 3.28. The Hall–Kier alpha value is -3.03. The molecule has 0 saturated carbocycles. The summed E-state index contributed by atoms with van der Waals surface area (Å²) in [7, 11) is 0. The highest BCUT2D eigenvalue weighted by Crippen LogP contribution is 2.25. The number of aryl methyl sites for hydroxylation is 1. The maximum atomic E-state index is 12.2. The Labute approximate surface area is 175 Å². The number of hydrogen-bond donors (Lipinski definition) is 0. The second-order valence-electron chi connectivity index (χ2n) is 6.51. The van der Waals surface area contributed by atoms with Gasteiger partial charge < -0.3 is 4.74 Å². The molecular weight excluding hydrogens is 410 g/mol. The first-order valence-electron chi connectivity index (χ1n) is 8.83. The van der Waals surface area contributed by atoms with Gasteiger partial charge >= 0.3 is 5.97 Å². The van der Waals surface area contributed by atoms with Crippen molar-refractivity contribution in [2.45, 2.75) is 20.0 Å². The summed E-state index contributed by atoms with van der Waals surface area (Å²) >= 11 is 7.36. The highest BCUT2D eigenvalue weighted by molar-refractivity contribution is 7.13. The van der Waals surface area contributed by atoms with Crippen LogP contribution in [-0.2, 0) is 22.6 Å². The minimum atomic E-state index is -0.427. The van der Waals surface area contributed by atoms with E-state index >= 15 is 0 Å². The minimum Gasteiger partial charge on any atom is -0.459 e. The van der Waals surface area contributed by atoms with Gasteiger partial charge in [0.15, 0.2) is 0 Å². The van der Waals surface area contributed by atoms with Gasteiger partial charge in [0.2, 0.25) is 0 Å². The second kappa shape index (κ2) is 8.14. The quantitative estimate of drug-likeness (QED) is 0.451. The average molecular weight is 426 g/mol. The van der Waals surface area contributed by atoms with Gasteiger partial charge in [0.05, 0.1) is 17.8 Å². The van der Waals surface area contributed by atoms with Crippen molar-refractivity contribution < 1.29 is 9.53 Å². The first-order chi connectivity index (χ1) is 14.0. The van der Waals surface area contributed by atoms with Gasteiger partial charge in [-0.2, -0.15) is 0 Å². The number of rotatable bonds is 5. The molecule has 0 amide bonds. The zero-order chi connectivity index (χ0) is 20.4. The third kappa shape index (κ3) is 4.52. The lowest BCUT2D eigenvalue weighted by molar-refractivity contribution is -0.144. The maximum absolute atomic E-state index is 12.2. The molecule has 0 N–H and O–H groups in total. The SMILES string of the molecule is Cc1ccn2c(=O)cc(COC(=O)Cc3csc(-c4ccc(Cl)cc4)n3)nc2c1. The minimum absolute atomic E-state index is 0.0514. The van der Waals surface area contributed by atoms with E-state index in [1.807, 2.05) is 30.5 Å². The van der Waals surface area contributed by atoms with Crippen LogP contribution in [0.3, 0.4) is 0 Å². The monoisotopic (exact) mass is 425 g/mol. The average Bonchev–Trinajstić information content (AvgIpc) is 3.15. The van der Waals surface area contributed by atoms with Gasteiger partial charge in [0, 0.05) is 28.2 Å². The predicted octanol–water partition coefficient (Wildman–Crippen LogP) is 4.07. The van der Waals surface area contributed by atoms with Crippen LogP contribution in [0.1, 0.15) is 17.0 Å². The molecule has 0 aliphatic carbocycles. The zero-order valence-corrected chi connectivity index (χ0v) is 17.0. The van der Waals surface area contributed by atoms with E-state index in [1.165, 1.54) is 21.8 Å². The first kappa shape index (κ1) is 19.3. The van der Waals surface area contributed by atoms with Crippen LogP contribution < -0.4 is 5.56 Å². The fourth-order valence-electron chi connectivity index (χ4n) is 2.79. The standard InChI is InChI=1S/C21H16ClN3O3S/c1-13-6-7-25-18(8-13)23-16(9-19(25)26)11-28-20(27)10-17-12-29-21(24-17)14-2-4-15(22)5-3-14/h2-9,12H,10-11H2,1H3. The van der Waals surface area contributed by atoms with Crippen molar-refractivity contribution in [3.8, 4) is 10.6 Å². The largest absolute Gasteiger partial charge is 0.459 e. The van der Waals surface area contributed by atoms with Gasteiger partial charge in [-0.05, 0) is 36.8 Å². The molecule has 8 heteroatoms. The van der Waals surface area contributed by atoms with Crippen molar-refractivity contribution in [3.63, 3.8) is 0 Å². The molecule has 0 bridgehead atoms. The molecule has 0 atom stereocenters. The number of esters is 1. The fourth-order valence-corrected chi connectivity index (χ4v) is 3.75. The predicted molar refractivity (Wildman–Crippen MR) is 112 cm³/mol. The number of halogens is 1. The van der Waals surface area contributed by atoms with Gasteiger partial charge in [-0.3, -0.25) is 14.0 Å². The number of thiazole rings is 1. The molecule has 0 aliphatic heterocycles. The molecule has 0 saturated heterocycles. The molecule has 1 aromatic carbocycles. The van der Waals surface area contributed by atoms with Crippen molar-refractivity contribution in [2.24, 2.45) is 0 Å². The van der Waals surface area contributed by atoms with E-state index in [4.69, 9.17) is 16.3 Å². The van der Waals surface area contributed by atoms with Crippen LogP contribution in [0, 0.1) is 6.92 Å². The molecule has 6 nitrogen and oxygen atoms in total. The Bertz CT molecular complexity index is 1250. The maximum Gasteiger partial charge on any atom is 0.312 e. The highest BCUT2D eigenvalue weighted by atomic mass is 35.5. The molecule has 3 heterocycles. The Kier molecular flexibility index (Phi) is 5.42. The molecule has 29 heavy (non-hydrogen) atoms. The lowest BCUT2D eigenvalue weighted by atomic mass is 10.2. The number of carbonyl (C=O) groups is 1. The molecule has 3 aromatic heterocycles. The van der Waals surface area contributed by atoms with Crippen LogP contribution in [0.5, 0.6) is 0 Å².